The van der Waals surface area contributed by atoms with E-state index in [1.54, 1.807) is 0 Å². The van der Waals surface area contributed by atoms with Crippen molar-refractivity contribution in [2.75, 3.05) is 38.5 Å². The number of amides is 1. The van der Waals surface area contributed by atoms with Crippen molar-refractivity contribution < 1.29 is 18.0 Å². The first-order chi connectivity index (χ1) is 17.2. The van der Waals surface area contributed by atoms with Gasteiger partial charge in [-0.15, -0.1) is 0 Å². The van der Waals surface area contributed by atoms with Crippen molar-refractivity contribution in [2.24, 2.45) is 10.7 Å². The summed E-state index contributed by atoms with van der Waals surface area (Å²) < 4.78 is 40.5. The molecule has 1 amide bonds. The highest BCUT2D eigenvalue weighted by Gasteiger charge is 2.35. The van der Waals surface area contributed by atoms with Crippen LogP contribution in [0.1, 0.15) is 64.9 Å². The molecule has 0 aromatic carbocycles. The number of alkyl halides is 3. The standard InChI is InChI=1S/C24H41F3N8O/c1-5-9-19(10-6-2)31-15-18(7-3)21(28)33-23-32-16-20(24(25,26)27)22(34-23)30-11-8-13-35(4)14-12-29-17-36/h15-17,19,31H,5-14H2,1-4H3,(H,29,36)(H3,28,30,32,33,34)/b18-15-. The van der Waals surface area contributed by atoms with Crippen LogP contribution in [0.3, 0.4) is 0 Å². The van der Waals surface area contributed by atoms with Crippen LogP contribution in [-0.2, 0) is 11.0 Å². The van der Waals surface area contributed by atoms with Gasteiger partial charge in [0.1, 0.15) is 17.2 Å². The van der Waals surface area contributed by atoms with Gasteiger partial charge >= 0.3 is 6.18 Å². The van der Waals surface area contributed by atoms with Gasteiger partial charge in [-0.25, -0.2) is 4.98 Å². The summed E-state index contributed by atoms with van der Waals surface area (Å²) in [7, 11) is 1.87. The molecule has 0 aliphatic carbocycles. The third-order valence-electron chi connectivity index (χ3n) is 5.51. The summed E-state index contributed by atoms with van der Waals surface area (Å²) in [4.78, 5) is 24.3. The number of nitrogens with one attached hydrogen (secondary N) is 3. The van der Waals surface area contributed by atoms with Crippen LogP contribution >= 0.6 is 0 Å². The molecule has 36 heavy (non-hydrogen) atoms. The number of amidine groups is 1. The Hall–Kier alpha value is -2.89. The third kappa shape index (κ3) is 11.7. The van der Waals surface area contributed by atoms with Gasteiger partial charge in [-0.3, -0.25) is 4.79 Å². The molecule has 1 heterocycles. The first kappa shape index (κ1) is 31.1. The minimum absolute atomic E-state index is 0.141. The lowest BCUT2D eigenvalue weighted by Gasteiger charge is -2.17. The molecule has 0 unspecified atom stereocenters. The molecule has 5 N–H and O–H groups in total. The average Bonchev–Trinajstić information content (AvgIpc) is 2.82. The Balaban J connectivity index is 2.96. The van der Waals surface area contributed by atoms with Gasteiger partial charge in [0, 0.05) is 43.6 Å². The average molecular weight is 515 g/mol. The van der Waals surface area contributed by atoms with Crippen molar-refractivity contribution >= 4 is 24.0 Å². The summed E-state index contributed by atoms with van der Waals surface area (Å²) in [6, 6.07) is 0.327. The number of aliphatic imine (C=N–C) groups is 1. The molecule has 204 valence electrons. The zero-order valence-electron chi connectivity index (χ0n) is 21.8. The lowest BCUT2D eigenvalue weighted by molar-refractivity contribution is -0.137. The van der Waals surface area contributed by atoms with Crippen LogP contribution < -0.4 is 21.7 Å². The highest BCUT2D eigenvalue weighted by Crippen LogP contribution is 2.34. The fourth-order valence-corrected chi connectivity index (χ4v) is 3.51. The Morgan fingerprint density at radius 1 is 1.19 bits per heavy atom. The van der Waals surface area contributed by atoms with E-state index >= 15 is 0 Å². The largest absolute Gasteiger partial charge is 0.421 e. The van der Waals surface area contributed by atoms with E-state index in [1.165, 1.54) is 0 Å². The first-order valence-corrected chi connectivity index (χ1v) is 12.5. The number of carbonyl (C=O) groups excluding carboxylic acids is 1. The van der Waals surface area contributed by atoms with E-state index < -0.39 is 11.7 Å². The van der Waals surface area contributed by atoms with Crippen LogP contribution in [0.4, 0.5) is 24.9 Å². The maximum atomic E-state index is 13.5. The van der Waals surface area contributed by atoms with Gasteiger partial charge in [-0.2, -0.15) is 23.1 Å². The predicted molar refractivity (Wildman–Crippen MR) is 138 cm³/mol. The fourth-order valence-electron chi connectivity index (χ4n) is 3.51. The fraction of sp³-hybridized carbons (Fsp3) is 0.667. The van der Waals surface area contributed by atoms with Crippen LogP contribution in [0.15, 0.2) is 23.0 Å². The highest BCUT2D eigenvalue weighted by atomic mass is 19.4. The molecule has 1 rings (SSSR count). The van der Waals surface area contributed by atoms with Crippen LogP contribution in [-0.4, -0.2) is 66.4 Å². The minimum Gasteiger partial charge on any atom is -0.388 e. The SMILES string of the molecule is CCCC(CCC)N/C=C(CC)\C(N)=N\c1ncc(C(F)(F)F)c(NCCCN(C)CCNC=O)n1. The Morgan fingerprint density at radius 2 is 1.89 bits per heavy atom. The van der Waals surface area contributed by atoms with Crippen LogP contribution in [0.5, 0.6) is 0 Å². The Kier molecular flexibility index (Phi) is 14.5. The number of aromatic nitrogens is 2. The predicted octanol–water partition coefficient (Wildman–Crippen LogP) is 3.82. The van der Waals surface area contributed by atoms with Crippen molar-refractivity contribution in [3.05, 3.63) is 23.5 Å². The smallest absolute Gasteiger partial charge is 0.388 e. The number of carbonyl (C=O) groups is 1. The zero-order valence-corrected chi connectivity index (χ0v) is 21.8. The van der Waals surface area contributed by atoms with Gasteiger partial charge in [0.25, 0.3) is 5.95 Å². The second-order valence-electron chi connectivity index (χ2n) is 8.55. The molecule has 0 radical (unpaired) electrons. The Labute approximate surface area is 212 Å². The molecule has 1 aromatic heterocycles. The number of likely N-dealkylation sites (N-methyl/N-ethyl adjacent to an activating group) is 1. The third-order valence-corrected chi connectivity index (χ3v) is 5.51. The topological polar surface area (TPSA) is 121 Å². The lowest BCUT2D eigenvalue weighted by Crippen LogP contribution is -2.30. The van der Waals surface area contributed by atoms with Crippen molar-refractivity contribution in [3.63, 3.8) is 0 Å². The molecular formula is C24H41F3N8O. The van der Waals surface area contributed by atoms with Gasteiger partial charge < -0.3 is 26.6 Å². The van der Waals surface area contributed by atoms with E-state index in [-0.39, 0.29) is 24.1 Å². The summed E-state index contributed by atoms with van der Waals surface area (Å²) in [6.07, 6.45) is 3.91. The summed E-state index contributed by atoms with van der Waals surface area (Å²) in [6.45, 7) is 8.22. The minimum atomic E-state index is -4.61. The number of nitrogens with zero attached hydrogens (tertiary/aromatic N) is 4. The monoisotopic (exact) mass is 514 g/mol. The van der Waals surface area contributed by atoms with Gasteiger partial charge in [-0.1, -0.05) is 33.6 Å². The maximum Gasteiger partial charge on any atom is 0.421 e. The molecule has 9 nitrogen and oxygen atoms in total. The summed E-state index contributed by atoms with van der Waals surface area (Å²) in [5.74, 6) is -0.313. The summed E-state index contributed by atoms with van der Waals surface area (Å²) in [5, 5.41) is 8.72. The maximum absolute atomic E-state index is 13.5. The Morgan fingerprint density at radius 3 is 2.47 bits per heavy atom. The number of rotatable bonds is 18. The number of hydrogen-bond donors (Lipinski definition) is 4. The quantitative estimate of drug-likeness (QED) is 0.102. The van der Waals surface area contributed by atoms with E-state index in [1.807, 2.05) is 25.1 Å². The molecule has 0 spiro atoms. The normalized spacial score (nSPS) is 12.8. The summed E-state index contributed by atoms with van der Waals surface area (Å²) >= 11 is 0. The van der Waals surface area contributed by atoms with Gasteiger partial charge in [-0.05, 0) is 39.3 Å². The van der Waals surface area contributed by atoms with Crippen molar-refractivity contribution in [1.29, 1.82) is 0 Å². The first-order valence-electron chi connectivity index (χ1n) is 12.5. The molecule has 12 heteroatoms. The molecule has 1 aromatic rings. The van der Waals surface area contributed by atoms with Crippen LogP contribution in [0.25, 0.3) is 0 Å². The number of hydrogen-bond acceptors (Lipinski definition) is 7. The zero-order chi connectivity index (χ0) is 27.0. The van der Waals surface area contributed by atoms with E-state index in [4.69, 9.17) is 5.73 Å². The van der Waals surface area contributed by atoms with Gasteiger partial charge in [0.05, 0.1) is 0 Å². The van der Waals surface area contributed by atoms with Gasteiger partial charge in [0.2, 0.25) is 6.41 Å². The molecule has 0 aliphatic heterocycles. The van der Waals surface area contributed by atoms with E-state index in [0.717, 1.165) is 37.5 Å². The number of halogens is 3. The number of nitrogens with two attached hydrogens (primary N) is 1. The molecule has 0 aliphatic rings. The van der Waals surface area contributed by atoms with Crippen LogP contribution in [0, 0.1) is 0 Å². The van der Waals surface area contributed by atoms with E-state index in [2.05, 4.69) is 44.8 Å². The Bertz CT molecular complexity index is 839. The van der Waals surface area contributed by atoms with Crippen molar-refractivity contribution in [1.82, 2.24) is 25.5 Å². The number of anilines is 1. The van der Waals surface area contributed by atoms with Crippen molar-refractivity contribution in [2.45, 2.75) is 71.5 Å². The second-order valence-corrected chi connectivity index (χ2v) is 8.55. The summed E-state index contributed by atoms with van der Waals surface area (Å²) in [5.41, 5.74) is 5.93. The van der Waals surface area contributed by atoms with Gasteiger partial charge in [0.15, 0.2) is 0 Å². The lowest BCUT2D eigenvalue weighted by atomic mass is 10.1. The second kappa shape index (κ2) is 16.7. The van der Waals surface area contributed by atoms with Crippen LogP contribution in [0.2, 0.25) is 0 Å². The molecule has 0 atom stereocenters. The van der Waals surface area contributed by atoms with E-state index in [9.17, 15) is 18.0 Å². The molecule has 0 bridgehead atoms. The highest BCUT2D eigenvalue weighted by molar-refractivity contribution is 5.98. The molecular weight excluding hydrogens is 473 g/mol. The van der Waals surface area contributed by atoms with Crippen molar-refractivity contribution in [3.8, 4) is 0 Å². The molecule has 0 saturated heterocycles. The van der Waals surface area contributed by atoms with E-state index in [0.29, 0.717) is 44.9 Å². The molecule has 0 fully saturated rings. The molecule has 0 saturated carbocycles.